The first-order valence-electron chi connectivity index (χ1n) is 10.3. The van der Waals surface area contributed by atoms with Crippen LogP contribution in [0.5, 0.6) is 0 Å². The molecule has 3 amide bonds. The second kappa shape index (κ2) is 9.28. The van der Waals surface area contributed by atoms with Gasteiger partial charge >= 0.3 is 12.1 Å². The summed E-state index contributed by atoms with van der Waals surface area (Å²) in [6.45, 7) is 11.0. The van der Waals surface area contributed by atoms with Gasteiger partial charge in [0.05, 0.1) is 6.61 Å². The molecule has 0 bridgehead atoms. The lowest BCUT2D eigenvalue weighted by atomic mass is 10.0. The third kappa shape index (κ3) is 4.95. The Balaban J connectivity index is 1.45. The minimum atomic E-state index is -0.200. The molecule has 1 aromatic rings. The second-order valence-corrected chi connectivity index (χ2v) is 7.69. The summed E-state index contributed by atoms with van der Waals surface area (Å²) < 4.78 is 5.09. The zero-order chi connectivity index (χ0) is 20.1. The number of piperazine rings is 1. The molecule has 1 aromatic carbocycles. The Morgan fingerprint density at radius 1 is 1.04 bits per heavy atom. The normalized spacial score (nSPS) is 18.8. The summed E-state index contributed by atoms with van der Waals surface area (Å²) in [5.74, 6) is 0. The lowest BCUT2D eigenvalue weighted by molar-refractivity contribution is 0.0581. The molecule has 2 fully saturated rings. The van der Waals surface area contributed by atoms with E-state index in [2.05, 4.69) is 16.3 Å². The molecule has 154 valence electrons. The predicted molar refractivity (Wildman–Crippen MR) is 110 cm³/mol. The van der Waals surface area contributed by atoms with Gasteiger partial charge in [0.25, 0.3) is 0 Å². The molecule has 28 heavy (non-hydrogen) atoms. The number of benzene rings is 1. The van der Waals surface area contributed by atoms with E-state index >= 15 is 0 Å². The fourth-order valence-electron chi connectivity index (χ4n) is 3.98. The molecule has 2 saturated heterocycles. The van der Waals surface area contributed by atoms with Gasteiger partial charge in [-0.3, -0.25) is 4.90 Å². The van der Waals surface area contributed by atoms with Crippen molar-refractivity contribution in [2.45, 2.75) is 39.7 Å². The van der Waals surface area contributed by atoms with E-state index in [0.717, 1.165) is 68.9 Å². The monoisotopic (exact) mass is 388 g/mol. The van der Waals surface area contributed by atoms with Gasteiger partial charge in [0.15, 0.2) is 0 Å². The number of carbonyl (C=O) groups excluding carboxylic acids is 2. The summed E-state index contributed by atoms with van der Waals surface area (Å²) in [4.78, 5) is 30.6. The van der Waals surface area contributed by atoms with Gasteiger partial charge < -0.3 is 19.9 Å². The highest BCUT2D eigenvalue weighted by atomic mass is 16.6. The van der Waals surface area contributed by atoms with Crippen molar-refractivity contribution in [2.75, 3.05) is 51.2 Å². The fourth-order valence-corrected chi connectivity index (χ4v) is 3.98. The number of ether oxygens (including phenoxy) is 1. The van der Waals surface area contributed by atoms with Crippen LogP contribution in [0.25, 0.3) is 0 Å². The van der Waals surface area contributed by atoms with Crippen molar-refractivity contribution in [2.24, 2.45) is 0 Å². The Labute approximate surface area is 167 Å². The fraction of sp³-hybridized carbons (Fsp3) is 0.619. The Hall–Kier alpha value is -2.28. The van der Waals surface area contributed by atoms with Gasteiger partial charge in [-0.05, 0) is 50.8 Å². The van der Waals surface area contributed by atoms with Crippen LogP contribution in [0.3, 0.4) is 0 Å². The number of likely N-dealkylation sites (tertiary alicyclic amines) is 1. The highest BCUT2D eigenvalue weighted by Gasteiger charge is 2.30. The van der Waals surface area contributed by atoms with Crippen molar-refractivity contribution in [3.63, 3.8) is 0 Å². The van der Waals surface area contributed by atoms with E-state index in [1.54, 1.807) is 4.90 Å². The number of hydrogen-bond donors (Lipinski definition) is 1. The molecular formula is C21H32N4O3. The standard InChI is InChI=1S/C21H32N4O3/c1-4-28-21(27)25-9-7-18(8-10-25)23-11-13-24(14-12-23)20(26)22-19-15-16(2)5-6-17(19)3/h5-6,15,18H,4,7-14H2,1-3H3,(H,22,26). The van der Waals surface area contributed by atoms with Crippen molar-refractivity contribution < 1.29 is 14.3 Å². The van der Waals surface area contributed by atoms with Crippen LogP contribution in [0.1, 0.15) is 30.9 Å². The first-order valence-corrected chi connectivity index (χ1v) is 10.3. The topological polar surface area (TPSA) is 65.1 Å². The molecule has 1 N–H and O–H groups in total. The second-order valence-electron chi connectivity index (χ2n) is 7.69. The molecule has 0 aliphatic carbocycles. The quantitative estimate of drug-likeness (QED) is 0.864. The van der Waals surface area contributed by atoms with Crippen LogP contribution in [0.4, 0.5) is 15.3 Å². The minimum absolute atomic E-state index is 0.0227. The summed E-state index contributed by atoms with van der Waals surface area (Å²) in [6.07, 6.45) is 1.73. The lowest BCUT2D eigenvalue weighted by Crippen LogP contribution is -2.55. The summed E-state index contributed by atoms with van der Waals surface area (Å²) in [5.41, 5.74) is 3.10. The van der Waals surface area contributed by atoms with Crippen LogP contribution in [0.15, 0.2) is 18.2 Å². The summed E-state index contributed by atoms with van der Waals surface area (Å²) in [5, 5.41) is 3.06. The van der Waals surface area contributed by atoms with Gasteiger partial charge in [-0.15, -0.1) is 0 Å². The molecule has 2 aliphatic heterocycles. The van der Waals surface area contributed by atoms with Crippen molar-refractivity contribution in [3.05, 3.63) is 29.3 Å². The van der Waals surface area contributed by atoms with Crippen molar-refractivity contribution in [1.29, 1.82) is 0 Å². The lowest BCUT2D eigenvalue weighted by Gasteiger charge is -2.42. The van der Waals surface area contributed by atoms with Crippen LogP contribution in [-0.2, 0) is 4.74 Å². The minimum Gasteiger partial charge on any atom is -0.450 e. The first-order chi connectivity index (χ1) is 13.5. The molecular weight excluding hydrogens is 356 g/mol. The van der Waals surface area contributed by atoms with Gasteiger partial charge in [0.1, 0.15) is 0 Å². The van der Waals surface area contributed by atoms with Crippen LogP contribution >= 0.6 is 0 Å². The molecule has 0 atom stereocenters. The highest BCUT2D eigenvalue weighted by molar-refractivity contribution is 5.90. The third-order valence-electron chi connectivity index (χ3n) is 5.74. The molecule has 0 unspecified atom stereocenters. The first kappa shape index (κ1) is 20.5. The number of carbonyl (C=O) groups is 2. The van der Waals surface area contributed by atoms with Crippen LogP contribution in [0, 0.1) is 13.8 Å². The molecule has 0 saturated carbocycles. The number of anilines is 1. The molecule has 7 nitrogen and oxygen atoms in total. The van der Waals surface area contributed by atoms with E-state index in [9.17, 15) is 9.59 Å². The van der Waals surface area contributed by atoms with Crippen molar-refractivity contribution >= 4 is 17.8 Å². The van der Waals surface area contributed by atoms with Gasteiger partial charge in [0.2, 0.25) is 0 Å². The molecule has 7 heteroatoms. The molecule has 3 rings (SSSR count). The number of aryl methyl sites for hydroxylation is 2. The van der Waals surface area contributed by atoms with Gasteiger partial charge in [0, 0.05) is 51.0 Å². The molecule has 2 aliphatic rings. The zero-order valence-corrected chi connectivity index (χ0v) is 17.2. The summed E-state index contributed by atoms with van der Waals surface area (Å²) in [7, 11) is 0. The van der Waals surface area contributed by atoms with Crippen LogP contribution in [-0.4, -0.2) is 78.7 Å². The van der Waals surface area contributed by atoms with Crippen molar-refractivity contribution in [1.82, 2.24) is 14.7 Å². The van der Waals surface area contributed by atoms with Gasteiger partial charge in [-0.1, -0.05) is 12.1 Å². The summed E-state index contributed by atoms with van der Waals surface area (Å²) >= 11 is 0. The number of rotatable bonds is 3. The van der Waals surface area contributed by atoms with Gasteiger partial charge in [-0.2, -0.15) is 0 Å². The van der Waals surface area contributed by atoms with Crippen molar-refractivity contribution in [3.8, 4) is 0 Å². The maximum Gasteiger partial charge on any atom is 0.409 e. The SMILES string of the molecule is CCOC(=O)N1CCC(N2CCN(C(=O)Nc3cc(C)ccc3C)CC2)CC1. The Kier molecular flexibility index (Phi) is 6.78. The van der Waals surface area contributed by atoms with E-state index in [4.69, 9.17) is 4.74 Å². The highest BCUT2D eigenvalue weighted by Crippen LogP contribution is 2.20. The molecule has 0 radical (unpaired) electrons. The predicted octanol–water partition coefficient (Wildman–Crippen LogP) is 3.07. The number of amides is 3. The average molecular weight is 389 g/mol. The smallest absolute Gasteiger partial charge is 0.409 e. The van der Waals surface area contributed by atoms with Crippen LogP contribution in [0.2, 0.25) is 0 Å². The van der Waals surface area contributed by atoms with E-state index < -0.39 is 0 Å². The molecule has 0 spiro atoms. The molecule has 2 heterocycles. The zero-order valence-electron chi connectivity index (χ0n) is 17.2. The van der Waals surface area contributed by atoms with E-state index in [0.29, 0.717) is 12.6 Å². The van der Waals surface area contributed by atoms with E-state index in [1.807, 2.05) is 37.8 Å². The van der Waals surface area contributed by atoms with E-state index in [1.165, 1.54) is 0 Å². The number of urea groups is 1. The average Bonchev–Trinajstić information content (AvgIpc) is 2.71. The maximum absolute atomic E-state index is 12.6. The molecule has 0 aromatic heterocycles. The third-order valence-corrected chi connectivity index (χ3v) is 5.74. The Morgan fingerprint density at radius 2 is 1.71 bits per heavy atom. The number of nitrogens with zero attached hydrogens (tertiary/aromatic N) is 3. The number of piperidine rings is 1. The number of nitrogens with one attached hydrogen (secondary N) is 1. The largest absolute Gasteiger partial charge is 0.450 e. The van der Waals surface area contributed by atoms with Gasteiger partial charge in [-0.25, -0.2) is 9.59 Å². The Bertz CT molecular complexity index is 693. The number of hydrogen-bond acceptors (Lipinski definition) is 4. The maximum atomic E-state index is 12.6. The van der Waals surface area contributed by atoms with Crippen LogP contribution < -0.4 is 5.32 Å². The Morgan fingerprint density at radius 3 is 2.36 bits per heavy atom. The summed E-state index contributed by atoms with van der Waals surface area (Å²) in [6, 6.07) is 6.56. The van der Waals surface area contributed by atoms with E-state index in [-0.39, 0.29) is 12.1 Å².